The number of aliphatic carboxylic acids is 1. The quantitative estimate of drug-likeness (QED) is 0.541. The van der Waals surface area contributed by atoms with Gasteiger partial charge in [-0.25, -0.2) is 4.79 Å². The van der Waals surface area contributed by atoms with E-state index in [0.29, 0.717) is 0 Å². The van der Waals surface area contributed by atoms with Crippen LogP contribution in [0.25, 0.3) is 0 Å². The fraction of sp³-hybridized carbons (Fsp3) is 0.667. The minimum Gasteiger partial charge on any atom is -0.478 e. The van der Waals surface area contributed by atoms with Gasteiger partial charge in [-0.05, 0) is 6.08 Å². The van der Waals surface area contributed by atoms with Crippen LogP contribution in [0, 0.1) is 0 Å². The number of halogens is 13. The Kier molecular flexibility index (Phi) is 5.28. The number of alkyl halides is 13. The maximum Gasteiger partial charge on any atom is 0.460 e. The first-order valence-corrected chi connectivity index (χ1v) is 5.05. The van der Waals surface area contributed by atoms with Crippen molar-refractivity contribution in [3.63, 3.8) is 0 Å². The highest BCUT2D eigenvalue weighted by Gasteiger charge is 2.90. The average Bonchev–Trinajstić information content (AvgIpc) is 2.34. The summed E-state index contributed by atoms with van der Waals surface area (Å²) in [4.78, 5) is 9.84. The van der Waals surface area contributed by atoms with Crippen molar-refractivity contribution in [1.82, 2.24) is 0 Å². The van der Waals surface area contributed by atoms with Crippen molar-refractivity contribution in [1.29, 1.82) is 0 Å². The zero-order chi connectivity index (χ0) is 20.0. The smallest absolute Gasteiger partial charge is 0.460 e. The zero-order valence-electron chi connectivity index (χ0n) is 10.4. The van der Waals surface area contributed by atoms with Gasteiger partial charge < -0.3 is 5.11 Å². The number of hydrogen-bond acceptors (Lipinski definition) is 1. The maximum absolute atomic E-state index is 12.9. The second-order valence-corrected chi connectivity index (χ2v) is 4.09. The molecule has 0 aromatic rings. The van der Waals surface area contributed by atoms with Crippen molar-refractivity contribution >= 4 is 5.97 Å². The molecule has 0 saturated heterocycles. The summed E-state index contributed by atoms with van der Waals surface area (Å²) in [5.74, 6) is -40.2. The predicted octanol–water partition coefficient (Wildman–Crippen LogP) is 4.37. The molecule has 0 aliphatic heterocycles. The lowest BCUT2D eigenvalue weighted by molar-refractivity contribution is -0.436. The van der Waals surface area contributed by atoms with Gasteiger partial charge in [-0.2, -0.15) is 57.1 Å². The lowest BCUT2D eigenvalue weighted by Crippen LogP contribution is -2.69. The van der Waals surface area contributed by atoms with E-state index in [0.717, 1.165) is 0 Å². The minimum absolute atomic E-state index is 0.927. The van der Waals surface area contributed by atoms with Crippen molar-refractivity contribution in [2.75, 3.05) is 0 Å². The standard InChI is InChI=1S/C9H3F13O2/c10-4(11,2-1-3(23)24)5(12,13)6(14,15)7(16,17)8(18,19)9(20,21)22/h1-2H,(H,23,24)/b2-1-. The molecule has 2 nitrogen and oxygen atoms in total. The Morgan fingerprint density at radius 3 is 1.25 bits per heavy atom. The number of carbonyl (C=O) groups is 1. The number of rotatable bonds is 6. The molecule has 1 N–H and O–H groups in total. The van der Waals surface area contributed by atoms with Crippen LogP contribution < -0.4 is 0 Å². The molecule has 0 spiro atoms. The van der Waals surface area contributed by atoms with Crippen molar-refractivity contribution in [2.45, 2.75) is 35.8 Å². The fourth-order valence-electron chi connectivity index (χ4n) is 1.06. The average molecular weight is 390 g/mol. The lowest BCUT2D eigenvalue weighted by Gasteiger charge is -2.39. The third-order valence-electron chi connectivity index (χ3n) is 2.39. The number of allylic oxidation sites excluding steroid dienone is 1. The molecule has 15 heteroatoms. The topological polar surface area (TPSA) is 37.3 Å². The van der Waals surface area contributed by atoms with Gasteiger partial charge in [0, 0.05) is 6.08 Å². The third kappa shape index (κ3) is 3.11. The van der Waals surface area contributed by atoms with Crippen LogP contribution in [0.4, 0.5) is 57.1 Å². The Morgan fingerprint density at radius 1 is 0.625 bits per heavy atom. The monoisotopic (exact) mass is 390 g/mol. The predicted molar refractivity (Wildman–Crippen MR) is 47.6 cm³/mol. The van der Waals surface area contributed by atoms with Gasteiger partial charge in [-0.15, -0.1) is 0 Å². The van der Waals surface area contributed by atoms with Crippen LogP contribution in [0.15, 0.2) is 12.2 Å². The third-order valence-corrected chi connectivity index (χ3v) is 2.39. The fourth-order valence-corrected chi connectivity index (χ4v) is 1.06. The molecule has 0 aliphatic carbocycles. The molecule has 0 aromatic heterocycles. The molecule has 0 amide bonds. The van der Waals surface area contributed by atoms with Crippen molar-refractivity contribution in [3.8, 4) is 0 Å². The SMILES string of the molecule is O=C(O)/C=C\C(F)(F)C(F)(F)C(F)(F)C(F)(F)C(F)(F)C(F)(F)F. The maximum atomic E-state index is 12.9. The van der Waals surface area contributed by atoms with Gasteiger partial charge in [0.1, 0.15) is 0 Å². The van der Waals surface area contributed by atoms with E-state index in [2.05, 4.69) is 0 Å². The normalized spacial score (nSPS) is 15.9. The summed E-state index contributed by atoms with van der Waals surface area (Å²) >= 11 is 0. The Labute approximate surface area is 122 Å². The van der Waals surface area contributed by atoms with E-state index in [1.807, 2.05) is 0 Å². The molecule has 0 radical (unpaired) electrons. The summed E-state index contributed by atoms with van der Waals surface area (Å²) in [6, 6.07) is 0. The molecule has 0 unspecified atom stereocenters. The van der Waals surface area contributed by atoms with E-state index < -0.39 is 53.9 Å². The summed E-state index contributed by atoms with van der Waals surface area (Å²) in [7, 11) is 0. The Balaban J connectivity index is 6.25. The van der Waals surface area contributed by atoms with Crippen LogP contribution in [0.5, 0.6) is 0 Å². The second-order valence-electron chi connectivity index (χ2n) is 4.09. The first-order valence-electron chi connectivity index (χ1n) is 5.05. The van der Waals surface area contributed by atoms with Gasteiger partial charge in [0.25, 0.3) is 0 Å². The summed E-state index contributed by atoms with van der Waals surface area (Å²) in [5, 5.41) is 7.87. The zero-order valence-corrected chi connectivity index (χ0v) is 10.4. The largest absolute Gasteiger partial charge is 0.478 e. The molecule has 0 bridgehead atoms. The second kappa shape index (κ2) is 5.68. The Bertz CT molecular complexity index is 516. The Morgan fingerprint density at radius 2 is 0.958 bits per heavy atom. The summed E-state index contributed by atoms with van der Waals surface area (Å²) in [6.07, 6.45) is -9.97. The van der Waals surface area contributed by atoms with Crippen LogP contribution >= 0.6 is 0 Å². The number of hydrogen-bond donors (Lipinski definition) is 1. The molecule has 142 valence electrons. The molecule has 24 heavy (non-hydrogen) atoms. The molecule has 0 aliphatic rings. The number of carboxylic acid groups (broad SMARTS) is 1. The highest BCUT2D eigenvalue weighted by atomic mass is 19.4. The molecular weight excluding hydrogens is 387 g/mol. The van der Waals surface area contributed by atoms with Crippen LogP contribution in [0.1, 0.15) is 0 Å². The van der Waals surface area contributed by atoms with E-state index in [-0.39, 0.29) is 0 Å². The van der Waals surface area contributed by atoms with Gasteiger partial charge in [-0.1, -0.05) is 0 Å². The summed E-state index contributed by atoms with van der Waals surface area (Å²) in [5.41, 5.74) is 0. The van der Waals surface area contributed by atoms with Crippen molar-refractivity contribution in [3.05, 3.63) is 12.2 Å². The molecule has 0 saturated carbocycles. The van der Waals surface area contributed by atoms with Crippen LogP contribution in [0.3, 0.4) is 0 Å². The minimum atomic E-state index is -8.00. The lowest BCUT2D eigenvalue weighted by atomic mass is 9.94. The Hall–Kier alpha value is -1.70. The molecule has 0 atom stereocenters. The molecule has 0 heterocycles. The summed E-state index contributed by atoms with van der Waals surface area (Å²) < 4.78 is 163. The number of carboxylic acids is 1. The van der Waals surface area contributed by atoms with Gasteiger partial charge in [0.15, 0.2) is 0 Å². The van der Waals surface area contributed by atoms with E-state index in [9.17, 15) is 61.9 Å². The van der Waals surface area contributed by atoms with E-state index >= 15 is 0 Å². The van der Waals surface area contributed by atoms with E-state index in [1.54, 1.807) is 0 Å². The van der Waals surface area contributed by atoms with E-state index in [1.165, 1.54) is 0 Å². The van der Waals surface area contributed by atoms with Crippen LogP contribution in [-0.4, -0.2) is 46.9 Å². The van der Waals surface area contributed by atoms with Crippen molar-refractivity contribution < 1.29 is 67.0 Å². The van der Waals surface area contributed by atoms with Crippen LogP contribution in [-0.2, 0) is 4.79 Å². The van der Waals surface area contributed by atoms with Gasteiger partial charge in [-0.3, -0.25) is 0 Å². The van der Waals surface area contributed by atoms with Crippen LogP contribution in [0.2, 0.25) is 0 Å². The highest BCUT2D eigenvalue weighted by Crippen LogP contribution is 2.60. The first kappa shape index (κ1) is 22.3. The highest BCUT2D eigenvalue weighted by molar-refractivity contribution is 5.79. The van der Waals surface area contributed by atoms with Gasteiger partial charge >= 0.3 is 41.8 Å². The molecule has 0 aromatic carbocycles. The van der Waals surface area contributed by atoms with Gasteiger partial charge in [0.2, 0.25) is 0 Å². The van der Waals surface area contributed by atoms with Gasteiger partial charge in [0.05, 0.1) is 0 Å². The molecule has 0 fully saturated rings. The first-order chi connectivity index (χ1) is 10.2. The molecular formula is C9H3F13O2. The van der Waals surface area contributed by atoms with Crippen molar-refractivity contribution in [2.24, 2.45) is 0 Å². The molecule has 0 rings (SSSR count). The van der Waals surface area contributed by atoms with E-state index in [4.69, 9.17) is 5.11 Å². The summed E-state index contributed by atoms with van der Waals surface area (Å²) in [6.45, 7) is 0.